The van der Waals surface area contributed by atoms with Crippen molar-refractivity contribution in [3.05, 3.63) is 105 Å². The fourth-order valence-corrected chi connectivity index (χ4v) is 8.35. The number of pyridine rings is 2. The number of benzene rings is 2. The van der Waals surface area contributed by atoms with Crippen LogP contribution in [0, 0.1) is 0 Å². The molecule has 2 aliphatic rings. The lowest BCUT2D eigenvalue weighted by Gasteiger charge is -2.31. The molecule has 7 rings (SSSR count). The first-order chi connectivity index (χ1) is 28.7. The van der Waals surface area contributed by atoms with Crippen LogP contribution in [0.1, 0.15) is 64.5 Å². The Morgan fingerprint density at radius 2 is 1.62 bits per heavy atom. The van der Waals surface area contributed by atoms with Gasteiger partial charge in [-0.3, -0.25) is 18.8 Å². The summed E-state index contributed by atoms with van der Waals surface area (Å²) in [6.07, 6.45) is 5.54. The van der Waals surface area contributed by atoms with E-state index in [0.29, 0.717) is 87.6 Å². The normalized spacial score (nSPS) is 15.9. The number of aromatic nitrogens is 3. The highest BCUT2D eigenvalue weighted by molar-refractivity contribution is 6.39. The predicted molar refractivity (Wildman–Crippen MR) is 232 cm³/mol. The highest BCUT2D eigenvalue weighted by Crippen LogP contribution is 2.42. The van der Waals surface area contributed by atoms with Gasteiger partial charge < -0.3 is 29.9 Å². The maximum Gasteiger partial charge on any atom is 0.410 e. The number of amides is 3. The van der Waals surface area contributed by atoms with Gasteiger partial charge in [-0.25, -0.2) is 14.8 Å². The Bertz CT molecular complexity index is 2500. The van der Waals surface area contributed by atoms with E-state index in [1.165, 1.54) is 11.5 Å². The molecule has 0 saturated carbocycles. The van der Waals surface area contributed by atoms with Gasteiger partial charge in [-0.2, -0.15) is 0 Å². The molecule has 15 heteroatoms. The van der Waals surface area contributed by atoms with Crippen LogP contribution in [-0.2, 0) is 27.4 Å². The molecule has 5 aromatic rings. The molecule has 0 aliphatic carbocycles. The maximum atomic E-state index is 13.5. The van der Waals surface area contributed by atoms with Crippen molar-refractivity contribution in [3.8, 4) is 39.4 Å². The van der Waals surface area contributed by atoms with E-state index in [0.717, 1.165) is 24.0 Å². The van der Waals surface area contributed by atoms with E-state index in [-0.39, 0.29) is 42.5 Å². The molecular weight excluding hydrogens is 805 g/mol. The summed E-state index contributed by atoms with van der Waals surface area (Å²) < 4.78 is 13.0. The smallest absolute Gasteiger partial charge is 0.410 e. The lowest BCUT2D eigenvalue weighted by atomic mass is 9.97. The second-order valence-corrected chi connectivity index (χ2v) is 17.0. The van der Waals surface area contributed by atoms with Gasteiger partial charge in [0, 0.05) is 91.8 Å². The zero-order chi connectivity index (χ0) is 42.7. The Morgan fingerprint density at radius 1 is 0.933 bits per heavy atom. The second kappa shape index (κ2) is 18.0. The van der Waals surface area contributed by atoms with Crippen LogP contribution in [0.5, 0.6) is 5.88 Å². The second-order valence-electron chi connectivity index (χ2n) is 16.3. The topological polar surface area (TPSA) is 147 Å². The summed E-state index contributed by atoms with van der Waals surface area (Å²) in [7, 11) is 1.52. The summed E-state index contributed by atoms with van der Waals surface area (Å²) in [6.45, 7) is 9.23. The first-order valence-electron chi connectivity index (χ1n) is 20.1. The van der Waals surface area contributed by atoms with Crippen LogP contribution < -0.4 is 20.9 Å². The van der Waals surface area contributed by atoms with Crippen LogP contribution in [0.2, 0.25) is 10.0 Å². The van der Waals surface area contributed by atoms with Crippen LogP contribution in [0.4, 0.5) is 4.79 Å². The lowest BCUT2D eigenvalue weighted by molar-refractivity contribution is -0.130. The first kappa shape index (κ1) is 42.6. The molecule has 2 N–H and O–H groups in total. The standard InChI is InChI=1S/C45H49Cl2N7O6/c1-27(55)52-19-17-31(18-20-52)48-23-30-24-49-38-22-28(16-21-54(38)43(30)57)33-8-6-9-34(40(33)46)35-10-7-11-36(41(35)47)37-14-12-29(42(51-37)59-5)25-53(44(58)60-45(2,3)4)26-32-13-15-39(56)50-32/h6-12,14,16,21-22,24,31-32,48H,13,15,17-20,23,25-26H2,1-5H3,(H,50,56)/t32-/m0/s1. The highest BCUT2D eigenvalue weighted by Gasteiger charge is 2.30. The quantitative estimate of drug-likeness (QED) is 0.138. The van der Waals surface area contributed by atoms with E-state index in [4.69, 9.17) is 37.7 Å². The number of fused-ring (bicyclic) bond motifs is 1. The predicted octanol–water partition coefficient (Wildman–Crippen LogP) is 7.52. The molecule has 0 spiro atoms. The molecule has 2 aromatic carbocycles. The minimum atomic E-state index is -0.709. The van der Waals surface area contributed by atoms with Crippen molar-refractivity contribution >= 4 is 46.8 Å². The molecule has 0 unspecified atom stereocenters. The molecule has 13 nitrogen and oxygen atoms in total. The number of rotatable bonds is 11. The zero-order valence-electron chi connectivity index (χ0n) is 34.4. The Labute approximate surface area is 359 Å². The molecular formula is C45H49Cl2N7O6. The van der Waals surface area contributed by atoms with Gasteiger partial charge >= 0.3 is 6.09 Å². The van der Waals surface area contributed by atoms with Crippen molar-refractivity contribution in [2.24, 2.45) is 0 Å². The zero-order valence-corrected chi connectivity index (χ0v) is 35.9. The summed E-state index contributed by atoms with van der Waals surface area (Å²) in [5.74, 6) is 0.366. The first-order valence-corrected chi connectivity index (χ1v) is 20.8. The van der Waals surface area contributed by atoms with Gasteiger partial charge in [0.25, 0.3) is 5.56 Å². The number of hydrogen-bond donors (Lipinski definition) is 2. The van der Waals surface area contributed by atoms with Crippen LogP contribution in [0.15, 0.2) is 77.9 Å². The van der Waals surface area contributed by atoms with Crippen molar-refractivity contribution in [1.82, 2.24) is 34.8 Å². The minimum absolute atomic E-state index is 0.0391. The van der Waals surface area contributed by atoms with Crippen molar-refractivity contribution < 1.29 is 23.9 Å². The minimum Gasteiger partial charge on any atom is -0.481 e. The summed E-state index contributed by atoms with van der Waals surface area (Å²) in [5, 5.41) is 7.31. The number of carbonyl (C=O) groups is 3. The van der Waals surface area contributed by atoms with Gasteiger partial charge in [-0.1, -0.05) is 59.6 Å². The van der Waals surface area contributed by atoms with E-state index in [1.54, 1.807) is 24.2 Å². The van der Waals surface area contributed by atoms with E-state index in [2.05, 4.69) is 15.6 Å². The molecule has 3 aromatic heterocycles. The number of carbonyl (C=O) groups excluding carboxylic acids is 3. The number of methoxy groups -OCH3 is 1. The van der Waals surface area contributed by atoms with Gasteiger partial charge in [0.05, 0.1) is 35.0 Å². The molecule has 0 radical (unpaired) electrons. The van der Waals surface area contributed by atoms with E-state index in [9.17, 15) is 19.2 Å². The molecule has 314 valence electrons. The monoisotopic (exact) mass is 853 g/mol. The van der Waals surface area contributed by atoms with E-state index >= 15 is 0 Å². The fourth-order valence-electron chi connectivity index (χ4n) is 7.69. The van der Waals surface area contributed by atoms with Crippen molar-refractivity contribution in [1.29, 1.82) is 0 Å². The van der Waals surface area contributed by atoms with Crippen molar-refractivity contribution in [2.75, 3.05) is 26.7 Å². The molecule has 3 amide bonds. The maximum absolute atomic E-state index is 13.5. The fraction of sp³-hybridized carbons (Fsp3) is 0.378. The van der Waals surface area contributed by atoms with Crippen molar-refractivity contribution in [2.45, 2.75) is 84.2 Å². The third-order valence-electron chi connectivity index (χ3n) is 10.8. The Morgan fingerprint density at radius 3 is 2.27 bits per heavy atom. The van der Waals surface area contributed by atoms with Gasteiger partial charge in [0.1, 0.15) is 11.2 Å². The van der Waals surface area contributed by atoms with Gasteiger partial charge in [-0.05, 0) is 69.9 Å². The lowest BCUT2D eigenvalue weighted by Crippen LogP contribution is -2.44. The summed E-state index contributed by atoms with van der Waals surface area (Å²) in [5.41, 5.74) is 4.97. The molecule has 1 atom stereocenters. The average molecular weight is 855 g/mol. The molecule has 0 bridgehead atoms. The SMILES string of the molecule is COc1nc(-c2cccc(-c3cccc(-c4ccn5c(=O)c(CNC6CCN(C(C)=O)CC6)cnc5c4)c3Cl)c2Cl)ccc1CN(C[C@@H]1CCC(=O)N1)C(=O)OC(C)(C)C. The summed E-state index contributed by atoms with van der Waals surface area (Å²) in [4.78, 5) is 63.3. The number of hydrogen-bond acceptors (Lipinski definition) is 9. The molecule has 5 heterocycles. The average Bonchev–Trinajstić information content (AvgIpc) is 3.64. The van der Waals surface area contributed by atoms with E-state index in [1.807, 2.05) is 86.3 Å². The number of halogens is 2. The molecule has 60 heavy (non-hydrogen) atoms. The van der Waals surface area contributed by atoms with Crippen LogP contribution >= 0.6 is 23.2 Å². The van der Waals surface area contributed by atoms with E-state index < -0.39 is 11.7 Å². The highest BCUT2D eigenvalue weighted by atomic mass is 35.5. The van der Waals surface area contributed by atoms with Gasteiger partial charge in [0.15, 0.2) is 0 Å². The number of nitrogens with one attached hydrogen (secondary N) is 2. The Hall–Kier alpha value is -5.50. The van der Waals surface area contributed by atoms with Crippen LogP contribution in [0.25, 0.3) is 39.2 Å². The number of piperidine rings is 1. The van der Waals surface area contributed by atoms with Crippen LogP contribution in [0.3, 0.4) is 0 Å². The third-order valence-corrected chi connectivity index (χ3v) is 11.7. The largest absolute Gasteiger partial charge is 0.481 e. The molecule has 2 fully saturated rings. The Kier molecular flexibility index (Phi) is 12.8. The van der Waals surface area contributed by atoms with Crippen molar-refractivity contribution in [3.63, 3.8) is 0 Å². The summed E-state index contributed by atoms with van der Waals surface area (Å²) >= 11 is 14.3. The van der Waals surface area contributed by atoms with Gasteiger partial charge in [0.2, 0.25) is 17.7 Å². The number of ether oxygens (including phenoxy) is 2. The van der Waals surface area contributed by atoms with Gasteiger partial charge in [-0.15, -0.1) is 0 Å². The number of likely N-dealkylation sites (tertiary alicyclic amines) is 1. The van der Waals surface area contributed by atoms with Crippen LogP contribution in [-0.4, -0.2) is 86.5 Å². The summed E-state index contributed by atoms with van der Waals surface area (Å²) in [6, 6.07) is 18.8. The Balaban J connectivity index is 1.11. The molecule has 2 aliphatic heterocycles. The molecule has 2 saturated heterocycles. The number of nitrogens with zero attached hydrogens (tertiary/aromatic N) is 5. The third kappa shape index (κ3) is 9.59.